The van der Waals surface area contributed by atoms with E-state index in [1.165, 1.54) is 12.1 Å². The zero-order valence-electron chi connectivity index (χ0n) is 21.3. The molecule has 0 aliphatic heterocycles. The molecule has 0 atom stereocenters. The van der Waals surface area contributed by atoms with Crippen LogP contribution in [0, 0.1) is 17.7 Å². The molecule has 3 amide bonds. The van der Waals surface area contributed by atoms with Gasteiger partial charge in [0.15, 0.2) is 0 Å². The first-order chi connectivity index (χ1) is 18.9. The summed E-state index contributed by atoms with van der Waals surface area (Å²) in [5.74, 6) is 5.58. The second kappa shape index (κ2) is 12.8. The zero-order valence-corrected chi connectivity index (χ0v) is 21.3. The standard InChI is InChI=1S/C30H27FN6O2/c1-2-34-29-26(28(32)38)13-14-27(37-29)25-12-11-24(18-22(25)8-5-20-6-9-23(31)10-7-20)36-30(39)35-17-15-21-4-3-16-33-19-21/h3-4,6-7,9-14,16,18-19H,2,15,17H2,1H3,(H2,32,38)(H,34,37)(H2,35,36,39). The second-order valence-electron chi connectivity index (χ2n) is 8.50. The first-order valence-corrected chi connectivity index (χ1v) is 12.3. The molecule has 2 heterocycles. The monoisotopic (exact) mass is 522 g/mol. The highest BCUT2D eigenvalue weighted by molar-refractivity contribution is 5.98. The van der Waals surface area contributed by atoms with Crippen LogP contribution in [0.2, 0.25) is 0 Å². The van der Waals surface area contributed by atoms with E-state index in [4.69, 9.17) is 5.73 Å². The number of benzene rings is 2. The van der Waals surface area contributed by atoms with Gasteiger partial charge in [0.2, 0.25) is 0 Å². The minimum absolute atomic E-state index is 0.279. The number of nitrogens with two attached hydrogens (primary N) is 1. The van der Waals surface area contributed by atoms with E-state index in [0.29, 0.717) is 53.4 Å². The molecular weight excluding hydrogens is 495 g/mol. The number of hydrogen-bond donors (Lipinski definition) is 4. The molecule has 8 nitrogen and oxygen atoms in total. The molecule has 0 aliphatic carbocycles. The molecule has 9 heteroatoms. The fourth-order valence-corrected chi connectivity index (χ4v) is 3.77. The van der Waals surface area contributed by atoms with Crippen molar-refractivity contribution >= 4 is 23.4 Å². The number of carbonyl (C=O) groups excluding carboxylic acids is 2. The molecule has 4 rings (SSSR count). The van der Waals surface area contributed by atoms with E-state index in [-0.39, 0.29) is 17.4 Å². The Bertz CT molecular complexity index is 1530. The van der Waals surface area contributed by atoms with Crippen LogP contribution in [0.25, 0.3) is 11.3 Å². The van der Waals surface area contributed by atoms with Crippen molar-refractivity contribution in [3.05, 3.63) is 107 Å². The van der Waals surface area contributed by atoms with Gasteiger partial charge in [-0.2, -0.15) is 0 Å². The van der Waals surface area contributed by atoms with Gasteiger partial charge in [-0.3, -0.25) is 9.78 Å². The molecule has 0 saturated heterocycles. The zero-order chi connectivity index (χ0) is 27.6. The third kappa shape index (κ3) is 7.40. The maximum absolute atomic E-state index is 13.3. The molecule has 0 spiro atoms. The van der Waals surface area contributed by atoms with E-state index in [1.807, 2.05) is 19.1 Å². The van der Waals surface area contributed by atoms with E-state index in [0.717, 1.165) is 5.56 Å². The second-order valence-corrected chi connectivity index (χ2v) is 8.50. The minimum atomic E-state index is -0.588. The van der Waals surface area contributed by atoms with Crippen molar-refractivity contribution in [3.63, 3.8) is 0 Å². The van der Waals surface area contributed by atoms with Gasteiger partial charge in [-0.25, -0.2) is 14.2 Å². The fraction of sp³-hybridized carbons (Fsp3) is 0.133. The molecular formula is C30H27FN6O2. The number of halogens is 1. The Morgan fingerprint density at radius 2 is 1.85 bits per heavy atom. The highest BCUT2D eigenvalue weighted by atomic mass is 19.1. The SMILES string of the molecule is CCNc1nc(-c2ccc(NC(=O)NCCc3cccnc3)cc2C#Cc2ccc(F)cc2)ccc1C(N)=O. The first-order valence-electron chi connectivity index (χ1n) is 12.3. The highest BCUT2D eigenvalue weighted by Gasteiger charge is 2.14. The number of rotatable bonds is 8. The molecule has 0 fully saturated rings. The van der Waals surface area contributed by atoms with E-state index in [2.05, 4.69) is 37.8 Å². The number of nitrogens with one attached hydrogen (secondary N) is 3. The van der Waals surface area contributed by atoms with Crippen LogP contribution in [0.5, 0.6) is 0 Å². The molecule has 0 saturated carbocycles. The number of anilines is 2. The van der Waals surface area contributed by atoms with Crippen molar-refractivity contribution in [1.82, 2.24) is 15.3 Å². The van der Waals surface area contributed by atoms with Gasteiger partial charge < -0.3 is 21.7 Å². The normalized spacial score (nSPS) is 10.2. The van der Waals surface area contributed by atoms with Gasteiger partial charge in [0.05, 0.1) is 11.3 Å². The number of hydrogen-bond acceptors (Lipinski definition) is 5. The summed E-state index contributed by atoms with van der Waals surface area (Å²) in [7, 11) is 0. The van der Waals surface area contributed by atoms with Crippen LogP contribution in [0.3, 0.4) is 0 Å². The molecule has 196 valence electrons. The largest absolute Gasteiger partial charge is 0.370 e. The number of primary amides is 1. The smallest absolute Gasteiger partial charge is 0.319 e. The van der Waals surface area contributed by atoms with Gasteiger partial charge in [0, 0.05) is 47.9 Å². The Kier molecular flexibility index (Phi) is 8.83. The Labute approximate surface area is 225 Å². The van der Waals surface area contributed by atoms with E-state index in [1.54, 1.807) is 54.9 Å². The molecule has 39 heavy (non-hydrogen) atoms. The number of amides is 3. The lowest BCUT2D eigenvalue weighted by Gasteiger charge is -2.13. The van der Waals surface area contributed by atoms with Crippen LogP contribution in [0.4, 0.5) is 20.7 Å². The summed E-state index contributed by atoms with van der Waals surface area (Å²) in [6, 6.07) is 17.9. The van der Waals surface area contributed by atoms with Gasteiger partial charge in [-0.15, -0.1) is 0 Å². The number of pyridine rings is 2. The van der Waals surface area contributed by atoms with Gasteiger partial charge in [-0.1, -0.05) is 17.9 Å². The highest BCUT2D eigenvalue weighted by Crippen LogP contribution is 2.27. The van der Waals surface area contributed by atoms with Crippen LogP contribution in [-0.2, 0) is 6.42 Å². The predicted molar refractivity (Wildman–Crippen MR) is 150 cm³/mol. The van der Waals surface area contributed by atoms with E-state index in [9.17, 15) is 14.0 Å². The lowest BCUT2D eigenvalue weighted by atomic mass is 10.0. The minimum Gasteiger partial charge on any atom is -0.370 e. The number of carbonyl (C=O) groups is 2. The lowest BCUT2D eigenvalue weighted by molar-refractivity contribution is 0.100. The van der Waals surface area contributed by atoms with Crippen molar-refractivity contribution in [2.45, 2.75) is 13.3 Å². The van der Waals surface area contributed by atoms with Gasteiger partial charge >= 0.3 is 6.03 Å². The van der Waals surface area contributed by atoms with Gasteiger partial charge in [-0.05, 0) is 79.6 Å². The molecule has 0 radical (unpaired) electrons. The summed E-state index contributed by atoms with van der Waals surface area (Å²) in [5, 5.41) is 8.73. The maximum Gasteiger partial charge on any atom is 0.319 e. The number of nitrogens with zero attached hydrogens (tertiary/aromatic N) is 2. The average Bonchev–Trinajstić information content (AvgIpc) is 2.93. The predicted octanol–water partition coefficient (Wildman–Crippen LogP) is 4.58. The number of aromatic nitrogens is 2. The summed E-state index contributed by atoms with van der Waals surface area (Å²) >= 11 is 0. The van der Waals surface area contributed by atoms with Crippen LogP contribution >= 0.6 is 0 Å². The molecule has 2 aromatic carbocycles. The first kappa shape index (κ1) is 26.8. The quantitative estimate of drug-likeness (QED) is 0.253. The van der Waals surface area contributed by atoms with E-state index >= 15 is 0 Å². The van der Waals surface area contributed by atoms with Crippen molar-refractivity contribution in [1.29, 1.82) is 0 Å². The lowest BCUT2D eigenvalue weighted by Crippen LogP contribution is -2.30. The molecule has 5 N–H and O–H groups in total. The van der Waals surface area contributed by atoms with Crippen molar-refractivity contribution in [3.8, 4) is 23.1 Å². The van der Waals surface area contributed by atoms with Crippen LogP contribution in [0.15, 0.2) is 79.1 Å². The van der Waals surface area contributed by atoms with Gasteiger partial charge in [0.25, 0.3) is 5.91 Å². The van der Waals surface area contributed by atoms with E-state index < -0.39 is 5.91 Å². The maximum atomic E-state index is 13.3. The van der Waals surface area contributed by atoms with Crippen molar-refractivity contribution in [2.24, 2.45) is 5.73 Å². The Hall–Kier alpha value is -5.23. The molecule has 0 unspecified atom stereocenters. The fourth-order valence-electron chi connectivity index (χ4n) is 3.77. The summed E-state index contributed by atoms with van der Waals surface area (Å²) in [4.78, 5) is 33.0. The molecule has 2 aromatic heterocycles. The molecule has 4 aromatic rings. The summed E-state index contributed by atoms with van der Waals surface area (Å²) < 4.78 is 13.3. The van der Waals surface area contributed by atoms with Crippen molar-refractivity contribution < 1.29 is 14.0 Å². The summed E-state index contributed by atoms with van der Waals surface area (Å²) in [5.41, 5.74) is 9.78. The van der Waals surface area contributed by atoms with Crippen LogP contribution in [0.1, 0.15) is 34.0 Å². The number of urea groups is 1. The van der Waals surface area contributed by atoms with Crippen LogP contribution in [-0.4, -0.2) is 35.0 Å². The topological polar surface area (TPSA) is 122 Å². The third-order valence-corrected chi connectivity index (χ3v) is 5.67. The molecule has 0 aliphatic rings. The average molecular weight is 523 g/mol. The van der Waals surface area contributed by atoms with Gasteiger partial charge in [0.1, 0.15) is 11.6 Å². The summed E-state index contributed by atoms with van der Waals surface area (Å²) in [6.45, 7) is 2.88. The van der Waals surface area contributed by atoms with Crippen LogP contribution < -0.4 is 21.7 Å². The Morgan fingerprint density at radius 3 is 2.56 bits per heavy atom. The van der Waals surface area contributed by atoms with Crippen molar-refractivity contribution in [2.75, 3.05) is 23.7 Å². The third-order valence-electron chi connectivity index (χ3n) is 5.67. The Morgan fingerprint density at radius 1 is 1.03 bits per heavy atom. The Balaban J connectivity index is 1.61. The molecule has 0 bridgehead atoms. The summed E-state index contributed by atoms with van der Waals surface area (Å²) in [6.07, 6.45) is 4.11.